The van der Waals surface area contributed by atoms with E-state index in [1.54, 1.807) is 6.20 Å². The molecule has 0 unspecified atom stereocenters. The first kappa shape index (κ1) is 26.9. The molecular weight excluding hydrogens is 467 g/mol. The Morgan fingerprint density at radius 2 is 1.69 bits per heavy atom. The topological polar surface area (TPSA) is 136 Å². The first-order valence-electron chi connectivity index (χ1n) is 10.4. The highest BCUT2D eigenvalue weighted by Crippen LogP contribution is 2.20. The minimum atomic E-state index is -5.08. The van der Waals surface area contributed by atoms with Gasteiger partial charge in [-0.05, 0) is 41.8 Å². The van der Waals surface area contributed by atoms with Crippen LogP contribution in [-0.4, -0.2) is 39.4 Å². The molecule has 0 bridgehead atoms. The Morgan fingerprint density at radius 3 is 2.26 bits per heavy atom. The van der Waals surface area contributed by atoms with E-state index in [9.17, 15) is 22.8 Å². The van der Waals surface area contributed by atoms with Crippen LogP contribution in [0, 0.1) is 0 Å². The summed E-state index contributed by atoms with van der Waals surface area (Å²) in [5.41, 5.74) is 4.33. The Labute approximate surface area is 198 Å². The maximum Gasteiger partial charge on any atom is 0.490 e. The van der Waals surface area contributed by atoms with Crippen molar-refractivity contribution >= 4 is 29.3 Å². The number of aromatic amines is 1. The van der Waals surface area contributed by atoms with Gasteiger partial charge in [-0.1, -0.05) is 31.2 Å². The van der Waals surface area contributed by atoms with Crippen LogP contribution in [0.3, 0.4) is 0 Å². The lowest BCUT2D eigenvalue weighted by Crippen LogP contribution is -2.28. The van der Waals surface area contributed by atoms with Crippen LogP contribution in [0.15, 0.2) is 60.9 Å². The molecule has 9 nitrogen and oxygen atoms in total. The minimum absolute atomic E-state index is 0.00998. The molecule has 3 aromatic rings. The highest BCUT2D eigenvalue weighted by Gasteiger charge is 2.38. The van der Waals surface area contributed by atoms with Crippen molar-refractivity contribution in [2.24, 2.45) is 0 Å². The number of alkyl halides is 3. The third-order valence-corrected chi connectivity index (χ3v) is 4.36. The van der Waals surface area contributed by atoms with Gasteiger partial charge in [-0.25, -0.2) is 9.59 Å². The summed E-state index contributed by atoms with van der Waals surface area (Å²) in [4.78, 5) is 32.7. The Kier molecular flexibility index (Phi) is 9.82. The van der Waals surface area contributed by atoms with Crippen molar-refractivity contribution in [2.45, 2.75) is 32.5 Å². The van der Waals surface area contributed by atoms with Crippen molar-refractivity contribution in [1.82, 2.24) is 15.5 Å². The molecule has 3 rings (SSSR count). The van der Waals surface area contributed by atoms with Gasteiger partial charge >= 0.3 is 18.2 Å². The van der Waals surface area contributed by atoms with E-state index in [2.05, 4.69) is 26.1 Å². The molecule has 1 aromatic heterocycles. The van der Waals surface area contributed by atoms with E-state index in [1.165, 1.54) is 0 Å². The van der Waals surface area contributed by atoms with Crippen LogP contribution in [-0.2, 0) is 16.1 Å². The number of anilines is 2. The lowest BCUT2D eigenvalue weighted by atomic mass is 10.1. The predicted molar refractivity (Wildman–Crippen MR) is 124 cm³/mol. The van der Waals surface area contributed by atoms with E-state index < -0.39 is 12.1 Å². The van der Waals surface area contributed by atoms with Gasteiger partial charge in [-0.3, -0.25) is 9.89 Å². The first-order chi connectivity index (χ1) is 16.6. The Bertz CT molecular complexity index is 1120. The van der Waals surface area contributed by atoms with Crippen molar-refractivity contribution in [3.63, 3.8) is 0 Å². The van der Waals surface area contributed by atoms with Gasteiger partial charge in [0.2, 0.25) is 5.91 Å². The Hall–Kier alpha value is -4.35. The maximum atomic E-state index is 12.1. The average Bonchev–Trinajstić information content (AvgIpc) is 3.33. The summed E-state index contributed by atoms with van der Waals surface area (Å²) >= 11 is 0. The highest BCUT2D eigenvalue weighted by molar-refractivity contribution is 5.91. The van der Waals surface area contributed by atoms with E-state index in [0.717, 1.165) is 28.8 Å². The van der Waals surface area contributed by atoms with Crippen LogP contribution in [0.1, 0.15) is 25.3 Å². The first-order valence-corrected chi connectivity index (χ1v) is 10.4. The van der Waals surface area contributed by atoms with Gasteiger partial charge in [0.05, 0.1) is 6.20 Å². The van der Waals surface area contributed by atoms with Gasteiger partial charge in [-0.2, -0.15) is 18.3 Å². The van der Waals surface area contributed by atoms with Crippen LogP contribution < -0.4 is 16.0 Å². The van der Waals surface area contributed by atoms with Crippen molar-refractivity contribution in [3.05, 3.63) is 66.5 Å². The fourth-order valence-corrected chi connectivity index (χ4v) is 2.72. The summed E-state index contributed by atoms with van der Waals surface area (Å²) in [6.45, 7) is 2.32. The van der Waals surface area contributed by atoms with E-state index in [-0.39, 0.29) is 11.9 Å². The number of carbonyl (C=O) groups is 3. The number of aliphatic carboxylic acids is 1. The summed E-state index contributed by atoms with van der Waals surface area (Å²) in [5, 5.41) is 22.3. The molecule has 12 heteroatoms. The van der Waals surface area contributed by atoms with E-state index in [0.29, 0.717) is 18.7 Å². The maximum absolute atomic E-state index is 12.1. The number of carboxylic acid groups (broad SMARTS) is 1. The molecule has 186 valence electrons. The molecule has 0 fully saturated rings. The normalized spacial score (nSPS) is 10.5. The van der Waals surface area contributed by atoms with Gasteiger partial charge in [-0.15, -0.1) is 0 Å². The Balaban J connectivity index is 0.000000540. The second kappa shape index (κ2) is 12.8. The molecule has 0 aliphatic heterocycles. The molecule has 0 aliphatic carbocycles. The van der Waals surface area contributed by atoms with Crippen LogP contribution in [0.5, 0.6) is 0 Å². The van der Waals surface area contributed by atoms with Gasteiger partial charge in [0.15, 0.2) is 0 Å². The molecule has 0 atom stereocenters. The molecule has 1 heterocycles. The fourth-order valence-electron chi connectivity index (χ4n) is 2.72. The number of carboxylic acids is 1. The van der Waals surface area contributed by atoms with Gasteiger partial charge in [0, 0.05) is 36.1 Å². The molecule has 0 saturated carbocycles. The van der Waals surface area contributed by atoms with Crippen molar-refractivity contribution in [1.29, 1.82) is 0 Å². The highest BCUT2D eigenvalue weighted by atomic mass is 19.4. The molecular formula is C23H24F3N5O4. The molecule has 35 heavy (non-hydrogen) atoms. The standard InChI is InChI=1S/C21H23N5O2.C2HF3O2/c1-2-4-20(27)25-19-6-3-5-15(11-19)12-22-21(28)26-18-9-7-16(8-10-18)17-13-23-24-14-17;3-2(4,5)1(6)7/h3,5-11,13-14H,2,4,12H2,1H3,(H,23,24)(H,25,27)(H2,22,26,28);(H,6,7). The molecule has 0 spiro atoms. The van der Waals surface area contributed by atoms with Crippen LogP contribution in [0.2, 0.25) is 0 Å². The lowest BCUT2D eigenvalue weighted by molar-refractivity contribution is -0.192. The van der Waals surface area contributed by atoms with Gasteiger partial charge < -0.3 is 21.1 Å². The second-order valence-electron chi connectivity index (χ2n) is 7.17. The van der Waals surface area contributed by atoms with Crippen LogP contribution in [0.4, 0.5) is 29.3 Å². The number of aromatic nitrogens is 2. The quantitative estimate of drug-likeness (QED) is 0.324. The van der Waals surface area contributed by atoms with Crippen molar-refractivity contribution in [2.75, 3.05) is 10.6 Å². The molecule has 0 radical (unpaired) electrons. The van der Waals surface area contributed by atoms with E-state index >= 15 is 0 Å². The molecule has 2 aromatic carbocycles. The van der Waals surface area contributed by atoms with Crippen molar-refractivity contribution < 1.29 is 32.7 Å². The second-order valence-corrected chi connectivity index (χ2v) is 7.17. The van der Waals surface area contributed by atoms with Crippen LogP contribution in [0.25, 0.3) is 11.1 Å². The van der Waals surface area contributed by atoms with Gasteiger partial charge in [0.1, 0.15) is 0 Å². The summed E-state index contributed by atoms with van der Waals surface area (Å²) in [7, 11) is 0. The molecule has 0 saturated heterocycles. The van der Waals surface area contributed by atoms with E-state index in [1.807, 2.05) is 61.7 Å². The monoisotopic (exact) mass is 491 g/mol. The number of hydrogen-bond donors (Lipinski definition) is 5. The van der Waals surface area contributed by atoms with Crippen molar-refractivity contribution in [3.8, 4) is 11.1 Å². The lowest BCUT2D eigenvalue weighted by Gasteiger charge is -2.10. The molecule has 3 amide bonds. The van der Waals surface area contributed by atoms with E-state index in [4.69, 9.17) is 9.90 Å². The number of nitrogens with one attached hydrogen (secondary N) is 4. The smallest absolute Gasteiger partial charge is 0.475 e. The van der Waals surface area contributed by atoms with Gasteiger partial charge in [0.25, 0.3) is 0 Å². The van der Waals surface area contributed by atoms with Crippen LogP contribution >= 0.6 is 0 Å². The summed E-state index contributed by atoms with van der Waals surface area (Å²) < 4.78 is 31.7. The zero-order chi connectivity index (χ0) is 25.8. The largest absolute Gasteiger partial charge is 0.490 e. The Morgan fingerprint density at radius 1 is 1.00 bits per heavy atom. The number of halogens is 3. The number of benzene rings is 2. The number of rotatable bonds is 7. The number of amides is 3. The zero-order valence-corrected chi connectivity index (χ0v) is 18.6. The predicted octanol–water partition coefficient (Wildman–Crippen LogP) is 4.77. The SMILES string of the molecule is CCCC(=O)Nc1cccc(CNC(=O)Nc2ccc(-c3cn[nH]c3)cc2)c1.O=C(O)C(F)(F)F. The summed E-state index contributed by atoms with van der Waals surface area (Å²) in [6.07, 6.45) is -0.234. The fraction of sp³-hybridized carbons (Fsp3) is 0.217. The third kappa shape index (κ3) is 9.58. The molecule has 0 aliphatic rings. The average molecular weight is 491 g/mol. The zero-order valence-electron chi connectivity index (χ0n) is 18.6. The number of urea groups is 1. The number of H-pyrrole nitrogens is 1. The number of carbonyl (C=O) groups excluding carboxylic acids is 2. The number of hydrogen-bond acceptors (Lipinski definition) is 4. The summed E-state index contributed by atoms with van der Waals surface area (Å²) in [6, 6.07) is 14.7. The number of nitrogens with zero attached hydrogens (tertiary/aromatic N) is 1. The summed E-state index contributed by atoms with van der Waals surface area (Å²) in [5.74, 6) is -2.77. The molecule has 5 N–H and O–H groups in total. The third-order valence-electron chi connectivity index (χ3n) is 4.36. The minimum Gasteiger partial charge on any atom is -0.475 e.